The molecule has 2 N–H and O–H groups in total. The van der Waals surface area contributed by atoms with Crippen molar-refractivity contribution in [1.82, 2.24) is 20.1 Å². The summed E-state index contributed by atoms with van der Waals surface area (Å²) < 4.78 is 22.5. The van der Waals surface area contributed by atoms with Crippen LogP contribution < -0.4 is 15.6 Å². The summed E-state index contributed by atoms with van der Waals surface area (Å²) in [5, 5.41) is 23.3. The number of alkyl halides is 1. The van der Waals surface area contributed by atoms with Crippen LogP contribution in [0, 0.1) is 0 Å². The van der Waals surface area contributed by atoms with Crippen LogP contribution in [0.5, 0.6) is 11.6 Å². The Labute approximate surface area is 178 Å². The maximum absolute atomic E-state index is 15.1. The Morgan fingerprint density at radius 3 is 2.77 bits per heavy atom. The van der Waals surface area contributed by atoms with Gasteiger partial charge in [-0.05, 0) is 56.3 Å². The first-order chi connectivity index (χ1) is 14.7. The van der Waals surface area contributed by atoms with Gasteiger partial charge >= 0.3 is 0 Å². The van der Waals surface area contributed by atoms with Crippen LogP contribution in [0.2, 0.25) is 0 Å². The van der Waals surface area contributed by atoms with E-state index in [1.807, 2.05) is 6.92 Å². The van der Waals surface area contributed by atoms with Crippen molar-refractivity contribution in [2.24, 2.45) is 7.05 Å². The fraction of sp³-hybridized carbons (Fsp3) is 0.435. The van der Waals surface area contributed by atoms with Crippen LogP contribution in [-0.2, 0) is 7.05 Å². The van der Waals surface area contributed by atoms with Gasteiger partial charge in [0.05, 0.1) is 11.2 Å². The third kappa shape index (κ3) is 3.26. The van der Waals surface area contributed by atoms with Crippen molar-refractivity contribution in [1.29, 1.82) is 0 Å². The number of aryl methyl sites for hydroxylation is 1. The molecule has 2 aromatic heterocycles. The fourth-order valence-electron chi connectivity index (χ4n) is 5.03. The molecular formula is C23H25FN4O3. The Bertz CT molecular complexity index is 1230. The second-order valence-electron chi connectivity index (χ2n) is 9.31. The number of fused-ring (bicyclic) bond motifs is 3. The van der Waals surface area contributed by atoms with Crippen LogP contribution in [0.15, 0.2) is 41.3 Å². The van der Waals surface area contributed by atoms with Crippen molar-refractivity contribution in [3.05, 3.63) is 46.9 Å². The SMILES string of the molecule is Cn1ccc2cc(O)c(-c3ccc(O[C@@H]4C[C@@]5(C)CC[C@](C)(N5)[C@@H]4F)nn3)cc2c1=O. The molecule has 2 bridgehead atoms. The van der Waals surface area contributed by atoms with E-state index in [9.17, 15) is 9.90 Å². The predicted octanol–water partition coefficient (Wildman–Crippen LogP) is 3.09. The van der Waals surface area contributed by atoms with Crippen molar-refractivity contribution in [2.45, 2.75) is 56.5 Å². The molecule has 8 heteroatoms. The number of aromatic hydroxyl groups is 1. The predicted molar refractivity (Wildman–Crippen MR) is 115 cm³/mol. The summed E-state index contributed by atoms with van der Waals surface area (Å²) in [4.78, 5) is 12.4. The second-order valence-corrected chi connectivity index (χ2v) is 9.31. The zero-order chi connectivity index (χ0) is 22.0. The number of halogens is 1. The number of hydrogen-bond donors (Lipinski definition) is 2. The van der Waals surface area contributed by atoms with Crippen molar-refractivity contribution in [3.63, 3.8) is 0 Å². The van der Waals surface area contributed by atoms with Crippen molar-refractivity contribution >= 4 is 10.8 Å². The molecule has 5 rings (SSSR count). The lowest BCUT2D eigenvalue weighted by molar-refractivity contribution is -0.00951. The summed E-state index contributed by atoms with van der Waals surface area (Å²) in [7, 11) is 1.67. The number of benzene rings is 1. The van der Waals surface area contributed by atoms with Crippen LogP contribution in [0.3, 0.4) is 0 Å². The zero-order valence-corrected chi connectivity index (χ0v) is 17.7. The quantitative estimate of drug-likeness (QED) is 0.672. The van der Waals surface area contributed by atoms with E-state index in [1.54, 1.807) is 37.5 Å². The van der Waals surface area contributed by atoms with Gasteiger partial charge in [0, 0.05) is 42.2 Å². The van der Waals surface area contributed by atoms with E-state index < -0.39 is 17.8 Å². The maximum atomic E-state index is 15.1. The third-order valence-electron chi connectivity index (χ3n) is 6.75. The lowest BCUT2D eigenvalue weighted by atomic mass is 9.85. The third-order valence-corrected chi connectivity index (χ3v) is 6.75. The van der Waals surface area contributed by atoms with E-state index in [2.05, 4.69) is 22.4 Å². The average molecular weight is 424 g/mol. The van der Waals surface area contributed by atoms with E-state index in [-0.39, 0.29) is 22.7 Å². The molecule has 2 aliphatic rings. The van der Waals surface area contributed by atoms with E-state index in [0.717, 1.165) is 12.8 Å². The van der Waals surface area contributed by atoms with Crippen LogP contribution in [0.4, 0.5) is 4.39 Å². The van der Waals surface area contributed by atoms with Gasteiger partial charge in [-0.25, -0.2) is 4.39 Å². The van der Waals surface area contributed by atoms with Crippen LogP contribution in [0.25, 0.3) is 22.0 Å². The number of rotatable bonds is 3. The highest BCUT2D eigenvalue weighted by atomic mass is 19.1. The molecule has 31 heavy (non-hydrogen) atoms. The molecule has 2 saturated heterocycles. The summed E-state index contributed by atoms with van der Waals surface area (Å²) >= 11 is 0. The summed E-state index contributed by atoms with van der Waals surface area (Å²) in [6.07, 6.45) is 2.15. The Morgan fingerprint density at radius 1 is 1.23 bits per heavy atom. The maximum Gasteiger partial charge on any atom is 0.258 e. The summed E-state index contributed by atoms with van der Waals surface area (Å²) in [6.45, 7) is 4.00. The molecule has 0 aliphatic carbocycles. The number of pyridine rings is 1. The van der Waals surface area contributed by atoms with Gasteiger partial charge in [0.2, 0.25) is 5.88 Å². The van der Waals surface area contributed by atoms with Gasteiger partial charge in [-0.3, -0.25) is 4.79 Å². The topological polar surface area (TPSA) is 89.3 Å². The summed E-state index contributed by atoms with van der Waals surface area (Å²) in [6, 6.07) is 8.20. The van der Waals surface area contributed by atoms with Gasteiger partial charge in [-0.2, -0.15) is 0 Å². The lowest BCUT2D eigenvalue weighted by Crippen LogP contribution is -2.63. The van der Waals surface area contributed by atoms with Crippen LogP contribution >= 0.6 is 0 Å². The summed E-state index contributed by atoms with van der Waals surface area (Å²) in [5.74, 6) is 0.240. The molecule has 1 aromatic carbocycles. The Kier molecular flexibility index (Phi) is 4.34. The molecule has 3 aromatic rings. The molecule has 7 nitrogen and oxygen atoms in total. The highest BCUT2D eigenvalue weighted by molar-refractivity contribution is 5.89. The second kappa shape index (κ2) is 6.75. The zero-order valence-electron chi connectivity index (χ0n) is 17.7. The fourth-order valence-corrected chi connectivity index (χ4v) is 5.03. The molecule has 2 aliphatic heterocycles. The Hall–Kier alpha value is -3.00. The van der Waals surface area contributed by atoms with Crippen molar-refractivity contribution < 1.29 is 14.2 Å². The lowest BCUT2D eigenvalue weighted by Gasteiger charge is -2.43. The largest absolute Gasteiger partial charge is 0.507 e. The summed E-state index contributed by atoms with van der Waals surface area (Å²) in [5.41, 5.74) is -0.0907. The Balaban J connectivity index is 1.43. The van der Waals surface area contributed by atoms with E-state index in [0.29, 0.717) is 28.5 Å². The minimum Gasteiger partial charge on any atom is -0.507 e. The highest BCUT2D eigenvalue weighted by Crippen LogP contribution is 2.44. The number of aromatic nitrogens is 3. The highest BCUT2D eigenvalue weighted by Gasteiger charge is 2.56. The average Bonchev–Trinajstić information content (AvgIpc) is 3.01. The molecule has 162 valence electrons. The standard InChI is InChI=1S/C23H25FN4O3/c1-22-7-8-23(2,27-22)20(24)18(12-22)31-19-5-4-16(25-26-19)15-11-14-13(10-17(15)29)6-9-28(3)21(14)30/h4-6,9-11,18,20,27,29H,7-8,12H2,1-3H3/t18-,20-,22-,23+/m1/s1. The number of ether oxygens (including phenoxy) is 1. The molecular weight excluding hydrogens is 399 g/mol. The minimum absolute atomic E-state index is 0.00308. The van der Waals surface area contributed by atoms with Crippen LogP contribution in [0.1, 0.15) is 33.1 Å². The Morgan fingerprint density at radius 2 is 2.03 bits per heavy atom. The number of phenolic OH excluding ortho intramolecular Hbond substituents is 1. The smallest absolute Gasteiger partial charge is 0.258 e. The first-order valence-corrected chi connectivity index (χ1v) is 10.4. The number of phenols is 1. The van der Waals surface area contributed by atoms with E-state index >= 15 is 4.39 Å². The van der Waals surface area contributed by atoms with Gasteiger partial charge < -0.3 is 19.7 Å². The minimum atomic E-state index is -1.15. The number of nitrogens with one attached hydrogen (secondary N) is 1. The first kappa shape index (κ1) is 19.9. The van der Waals surface area contributed by atoms with Crippen LogP contribution in [-0.4, -0.2) is 43.2 Å². The normalized spacial score (nSPS) is 29.9. The first-order valence-electron chi connectivity index (χ1n) is 10.4. The van der Waals surface area contributed by atoms with Crippen molar-refractivity contribution in [3.8, 4) is 22.9 Å². The van der Waals surface area contributed by atoms with Gasteiger partial charge in [-0.15, -0.1) is 10.2 Å². The number of piperidine rings is 1. The molecule has 2 fully saturated rings. The van der Waals surface area contributed by atoms with Crippen molar-refractivity contribution in [2.75, 3.05) is 0 Å². The van der Waals surface area contributed by atoms with Gasteiger partial charge in [0.25, 0.3) is 5.56 Å². The van der Waals surface area contributed by atoms with Gasteiger partial charge in [0.1, 0.15) is 11.9 Å². The molecule has 0 unspecified atom stereocenters. The van der Waals surface area contributed by atoms with E-state index in [1.165, 1.54) is 10.6 Å². The molecule has 0 spiro atoms. The molecule has 0 amide bonds. The monoisotopic (exact) mass is 424 g/mol. The molecule has 0 radical (unpaired) electrons. The molecule has 0 saturated carbocycles. The van der Waals surface area contributed by atoms with Gasteiger partial charge in [0.15, 0.2) is 6.17 Å². The molecule has 4 atom stereocenters. The number of hydrogen-bond acceptors (Lipinski definition) is 6. The van der Waals surface area contributed by atoms with Gasteiger partial charge in [-0.1, -0.05) is 0 Å². The van der Waals surface area contributed by atoms with E-state index in [4.69, 9.17) is 4.74 Å². The number of nitrogens with zero attached hydrogens (tertiary/aromatic N) is 3. The molecule has 4 heterocycles.